The average molecular weight is 470 g/mol. The summed E-state index contributed by atoms with van der Waals surface area (Å²) >= 11 is 3.09. The molecule has 0 aliphatic carbocycles. The second kappa shape index (κ2) is 9.01. The lowest BCUT2D eigenvalue weighted by molar-refractivity contribution is -0.115. The molecule has 1 amide bonds. The number of carbonyl (C=O) groups excluding carboxylic acids is 1. The van der Waals surface area contributed by atoms with Gasteiger partial charge in [0.1, 0.15) is 5.01 Å². The number of sulfonamides is 1. The van der Waals surface area contributed by atoms with Crippen LogP contribution in [-0.4, -0.2) is 26.4 Å². The molecule has 0 aliphatic rings. The van der Waals surface area contributed by atoms with Crippen molar-refractivity contribution in [1.29, 1.82) is 0 Å². The van der Waals surface area contributed by atoms with Crippen molar-refractivity contribution in [3.05, 3.63) is 82.5 Å². The van der Waals surface area contributed by atoms with E-state index in [-0.39, 0.29) is 17.2 Å². The minimum atomic E-state index is -3.76. The van der Waals surface area contributed by atoms with Crippen molar-refractivity contribution in [3.63, 3.8) is 0 Å². The maximum absolute atomic E-state index is 13.0. The molecule has 1 N–H and O–H groups in total. The number of hydrogen-bond donors (Lipinski definition) is 1. The van der Waals surface area contributed by atoms with Gasteiger partial charge in [-0.25, -0.2) is 13.4 Å². The van der Waals surface area contributed by atoms with Crippen LogP contribution in [0.5, 0.6) is 0 Å². The standard InChI is InChI=1S/C22H19N3O3S3/c1-25(19-7-3-2-4-8-19)31(27,28)20-9-5-6-17(12-20)23-21(26)13-18-15-30-22(24-18)16-10-11-29-14-16/h2-12,14-15H,13H2,1H3,(H,23,26). The van der Waals surface area contributed by atoms with E-state index in [0.717, 1.165) is 10.6 Å². The van der Waals surface area contributed by atoms with Gasteiger partial charge in [-0.2, -0.15) is 11.3 Å². The number of para-hydroxylation sites is 1. The zero-order valence-corrected chi connectivity index (χ0v) is 19.0. The van der Waals surface area contributed by atoms with Crippen molar-refractivity contribution in [2.45, 2.75) is 11.3 Å². The molecule has 31 heavy (non-hydrogen) atoms. The van der Waals surface area contributed by atoms with Gasteiger partial charge in [0.15, 0.2) is 0 Å². The fourth-order valence-electron chi connectivity index (χ4n) is 2.95. The third kappa shape index (κ3) is 4.84. The van der Waals surface area contributed by atoms with Crippen molar-refractivity contribution in [2.75, 3.05) is 16.7 Å². The summed E-state index contributed by atoms with van der Waals surface area (Å²) in [7, 11) is -2.26. The Morgan fingerprint density at radius 3 is 2.61 bits per heavy atom. The Bertz CT molecular complexity index is 1280. The van der Waals surface area contributed by atoms with Crippen LogP contribution >= 0.6 is 22.7 Å². The number of benzene rings is 2. The molecule has 2 heterocycles. The van der Waals surface area contributed by atoms with Crippen molar-refractivity contribution < 1.29 is 13.2 Å². The number of nitrogens with one attached hydrogen (secondary N) is 1. The number of thiophene rings is 1. The number of carbonyl (C=O) groups is 1. The number of hydrogen-bond acceptors (Lipinski definition) is 6. The first-order valence-corrected chi connectivity index (χ1v) is 12.6. The van der Waals surface area contributed by atoms with Gasteiger partial charge in [-0.05, 0) is 41.8 Å². The Morgan fingerprint density at radius 2 is 1.87 bits per heavy atom. The number of rotatable bonds is 7. The van der Waals surface area contributed by atoms with Crippen LogP contribution in [0.2, 0.25) is 0 Å². The average Bonchev–Trinajstić information content (AvgIpc) is 3.46. The van der Waals surface area contributed by atoms with Gasteiger partial charge in [-0.15, -0.1) is 11.3 Å². The molecule has 0 saturated heterocycles. The van der Waals surface area contributed by atoms with Crippen molar-refractivity contribution >= 4 is 50.0 Å². The van der Waals surface area contributed by atoms with Crippen LogP contribution in [0.15, 0.2) is 81.7 Å². The van der Waals surface area contributed by atoms with Gasteiger partial charge in [-0.3, -0.25) is 9.10 Å². The Hall–Kier alpha value is -3.01. The first kappa shape index (κ1) is 21.2. The maximum Gasteiger partial charge on any atom is 0.264 e. The summed E-state index contributed by atoms with van der Waals surface area (Å²) < 4.78 is 27.2. The van der Waals surface area contributed by atoms with Gasteiger partial charge >= 0.3 is 0 Å². The highest BCUT2D eigenvalue weighted by molar-refractivity contribution is 7.92. The molecule has 0 unspecified atom stereocenters. The smallest absolute Gasteiger partial charge is 0.264 e. The molecule has 6 nitrogen and oxygen atoms in total. The normalized spacial score (nSPS) is 11.3. The lowest BCUT2D eigenvalue weighted by Gasteiger charge is -2.19. The first-order chi connectivity index (χ1) is 14.9. The fraction of sp³-hybridized carbons (Fsp3) is 0.0909. The van der Waals surface area contributed by atoms with Gasteiger partial charge in [0.25, 0.3) is 10.0 Å². The van der Waals surface area contributed by atoms with E-state index in [0.29, 0.717) is 17.1 Å². The third-order valence-corrected chi connectivity index (χ3v) is 7.96. The predicted octanol–water partition coefficient (Wildman–Crippen LogP) is 4.88. The van der Waals surface area contributed by atoms with Crippen LogP contribution in [0.1, 0.15) is 5.69 Å². The third-order valence-electron chi connectivity index (χ3n) is 4.56. The van der Waals surface area contributed by atoms with Gasteiger partial charge in [-0.1, -0.05) is 24.3 Å². The van der Waals surface area contributed by atoms with E-state index in [2.05, 4.69) is 10.3 Å². The van der Waals surface area contributed by atoms with Crippen LogP contribution in [0, 0.1) is 0 Å². The molecule has 0 saturated carbocycles. The topological polar surface area (TPSA) is 79.4 Å². The SMILES string of the molecule is CN(c1ccccc1)S(=O)(=O)c1cccc(NC(=O)Cc2csc(-c3ccsc3)n2)c1. The molecule has 9 heteroatoms. The van der Waals surface area contributed by atoms with E-state index in [1.54, 1.807) is 47.7 Å². The molecule has 4 rings (SSSR count). The van der Waals surface area contributed by atoms with Gasteiger partial charge < -0.3 is 5.32 Å². The monoisotopic (exact) mass is 469 g/mol. The molecule has 2 aromatic heterocycles. The van der Waals surface area contributed by atoms with Crippen LogP contribution in [0.4, 0.5) is 11.4 Å². The number of nitrogens with zero attached hydrogens (tertiary/aromatic N) is 2. The predicted molar refractivity (Wildman–Crippen MR) is 126 cm³/mol. The van der Waals surface area contributed by atoms with E-state index in [1.807, 2.05) is 28.3 Å². The Kier molecular flexibility index (Phi) is 6.17. The highest BCUT2D eigenvalue weighted by atomic mass is 32.2. The summed E-state index contributed by atoms with van der Waals surface area (Å²) in [5.74, 6) is -0.256. The highest BCUT2D eigenvalue weighted by Gasteiger charge is 2.21. The molecular formula is C22H19N3O3S3. The van der Waals surface area contributed by atoms with Crippen LogP contribution in [-0.2, 0) is 21.2 Å². The largest absolute Gasteiger partial charge is 0.326 e. The van der Waals surface area contributed by atoms with Crippen molar-refractivity contribution in [2.24, 2.45) is 0 Å². The number of aromatic nitrogens is 1. The minimum absolute atomic E-state index is 0.102. The quantitative estimate of drug-likeness (QED) is 0.418. The Balaban J connectivity index is 1.46. The maximum atomic E-state index is 13.0. The Labute approximate surface area is 188 Å². The summed E-state index contributed by atoms with van der Waals surface area (Å²) in [5, 5.41) is 9.51. The Morgan fingerprint density at radius 1 is 1.06 bits per heavy atom. The van der Waals surface area contributed by atoms with E-state index in [4.69, 9.17) is 0 Å². The first-order valence-electron chi connectivity index (χ1n) is 9.34. The molecule has 0 atom stereocenters. The molecule has 0 aliphatic heterocycles. The zero-order chi connectivity index (χ0) is 21.8. The lowest BCUT2D eigenvalue weighted by Crippen LogP contribution is -2.26. The highest BCUT2D eigenvalue weighted by Crippen LogP contribution is 2.26. The summed E-state index contributed by atoms with van der Waals surface area (Å²) in [5.41, 5.74) is 2.70. The molecule has 2 aromatic carbocycles. The van der Waals surface area contributed by atoms with Crippen LogP contribution < -0.4 is 9.62 Å². The summed E-state index contributed by atoms with van der Waals surface area (Å²) in [6, 6.07) is 17.1. The zero-order valence-electron chi connectivity index (χ0n) is 16.6. The van der Waals surface area contributed by atoms with Gasteiger partial charge in [0.2, 0.25) is 5.91 Å². The molecule has 158 valence electrons. The van der Waals surface area contributed by atoms with Gasteiger partial charge in [0, 0.05) is 29.1 Å². The number of thiazole rings is 1. The molecule has 0 spiro atoms. The molecule has 0 fully saturated rings. The molecule has 4 aromatic rings. The molecule has 0 bridgehead atoms. The van der Waals surface area contributed by atoms with E-state index in [9.17, 15) is 13.2 Å². The molecular weight excluding hydrogens is 450 g/mol. The number of amides is 1. The molecule has 0 radical (unpaired) electrons. The lowest BCUT2D eigenvalue weighted by atomic mass is 10.3. The van der Waals surface area contributed by atoms with E-state index >= 15 is 0 Å². The van der Waals surface area contributed by atoms with Crippen LogP contribution in [0.25, 0.3) is 10.6 Å². The van der Waals surface area contributed by atoms with Crippen molar-refractivity contribution in [3.8, 4) is 10.6 Å². The minimum Gasteiger partial charge on any atom is -0.326 e. The van der Waals surface area contributed by atoms with Crippen molar-refractivity contribution in [1.82, 2.24) is 4.98 Å². The fourth-order valence-corrected chi connectivity index (χ4v) is 5.72. The van der Waals surface area contributed by atoms with Crippen LogP contribution in [0.3, 0.4) is 0 Å². The summed E-state index contributed by atoms with van der Waals surface area (Å²) in [4.78, 5) is 17.1. The number of anilines is 2. The van der Waals surface area contributed by atoms with E-state index in [1.165, 1.54) is 34.8 Å². The second-order valence-corrected chi connectivity index (χ2v) is 10.3. The van der Waals surface area contributed by atoms with E-state index < -0.39 is 10.0 Å². The summed E-state index contributed by atoms with van der Waals surface area (Å²) in [6.07, 6.45) is 0.113. The second-order valence-electron chi connectivity index (χ2n) is 6.72. The summed E-state index contributed by atoms with van der Waals surface area (Å²) in [6.45, 7) is 0. The van der Waals surface area contributed by atoms with Gasteiger partial charge in [0.05, 0.1) is 22.7 Å².